The third-order valence-corrected chi connectivity index (χ3v) is 3.26. The summed E-state index contributed by atoms with van der Waals surface area (Å²) >= 11 is 0. The average molecular weight is 471 g/mol. The number of esters is 4. The van der Waals surface area contributed by atoms with Crippen LogP contribution in [0.2, 0.25) is 0 Å². The molecule has 0 bridgehead atoms. The van der Waals surface area contributed by atoms with E-state index in [1.807, 2.05) is 0 Å². The summed E-state index contributed by atoms with van der Waals surface area (Å²) in [6, 6.07) is 0. The second-order valence-electron chi connectivity index (χ2n) is 6.82. The molecule has 0 fully saturated rings. The zero-order valence-corrected chi connectivity index (χ0v) is 20.2. The van der Waals surface area contributed by atoms with Crippen LogP contribution in [0.25, 0.3) is 0 Å². The lowest BCUT2D eigenvalue weighted by atomic mass is 10.1. The summed E-state index contributed by atoms with van der Waals surface area (Å²) in [4.78, 5) is 43.6. The second kappa shape index (κ2) is 22.3. The minimum Gasteiger partial charge on any atom is -0.394 e. The Balaban J connectivity index is -0.000000439. The van der Waals surface area contributed by atoms with E-state index in [1.165, 1.54) is 20.8 Å². The van der Waals surface area contributed by atoms with Gasteiger partial charge in [0.15, 0.2) is 0 Å². The van der Waals surface area contributed by atoms with Gasteiger partial charge in [0.1, 0.15) is 0 Å². The number of aliphatic hydroxyl groups is 2. The van der Waals surface area contributed by atoms with Gasteiger partial charge in [0, 0.05) is 22.3 Å². The van der Waals surface area contributed by atoms with E-state index in [9.17, 15) is 19.2 Å². The minimum atomic E-state index is -0.710. The highest BCUT2D eigenvalue weighted by molar-refractivity contribution is 6.01. The average Bonchev–Trinajstić information content (AvgIpc) is 2.74. The highest BCUT2D eigenvalue weighted by Crippen LogP contribution is 2.09. The maximum atomic E-state index is 11.3. The molecule has 0 aliphatic carbocycles. The molecule has 0 spiro atoms. The summed E-state index contributed by atoms with van der Waals surface area (Å²) in [5.41, 5.74) is 0.946. The van der Waals surface area contributed by atoms with Crippen LogP contribution in [0.3, 0.4) is 0 Å². The first kappa shape index (κ1) is 34.7. The molecule has 33 heavy (non-hydrogen) atoms. The molecular formula is C24H38O9. The second-order valence-corrected chi connectivity index (χ2v) is 6.82. The van der Waals surface area contributed by atoms with E-state index in [0.29, 0.717) is 25.2 Å². The van der Waals surface area contributed by atoms with Crippen LogP contribution in [0, 0.1) is 0 Å². The first-order valence-electron chi connectivity index (χ1n) is 10.3. The van der Waals surface area contributed by atoms with Crippen molar-refractivity contribution >= 4 is 23.9 Å². The van der Waals surface area contributed by atoms with Crippen LogP contribution in [-0.2, 0) is 33.4 Å². The van der Waals surface area contributed by atoms with E-state index in [0.717, 1.165) is 19.3 Å². The third kappa shape index (κ3) is 23.6. The Morgan fingerprint density at radius 2 is 1.03 bits per heavy atom. The molecule has 0 heterocycles. The first-order chi connectivity index (χ1) is 15.3. The molecule has 9 heteroatoms. The van der Waals surface area contributed by atoms with Crippen LogP contribution in [0.5, 0.6) is 0 Å². The van der Waals surface area contributed by atoms with Gasteiger partial charge in [-0.2, -0.15) is 0 Å². The molecule has 188 valence electrons. The summed E-state index contributed by atoms with van der Waals surface area (Å²) in [6.07, 6.45) is 3.59. The minimum absolute atomic E-state index is 0.0278. The molecule has 0 amide bonds. The zero-order valence-electron chi connectivity index (χ0n) is 20.2. The molecule has 9 nitrogen and oxygen atoms in total. The van der Waals surface area contributed by atoms with Crippen molar-refractivity contribution in [2.45, 2.75) is 53.4 Å². The molecule has 0 atom stereocenters. The molecule has 0 aliphatic rings. The Bertz CT molecular complexity index is 662. The molecule has 0 unspecified atom stereocenters. The SMILES string of the molecule is C=C(C)C(=O)OC(=O)C(=C)C.C=C(C)C(=O)OC(=O)C(=C)CCCCC.OCCOCCO. The first-order valence-corrected chi connectivity index (χ1v) is 10.3. The fourth-order valence-corrected chi connectivity index (χ4v) is 1.42. The largest absolute Gasteiger partial charge is 0.394 e. The number of unbranched alkanes of at least 4 members (excludes halogenated alkanes) is 2. The topological polar surface area (TPSA) is 136 Å². The summed E-state index contributed by atoms with van der Waals surface area (Å²) in [5.74, 6) is -2.74. The van der Waals surface area contributed by atoms with Crippen molar-refractivity contribution in [3.8, 4) is 0 Å². The molecule has 0 aromatic carbocycles. The zero-order chi connectivity index (χ0) is 26.4. The maximum absolute atomic E-state index is 11.3. The van der Waals surface area contributed by atoms with Crippen molar-refractivity contribution in [1.29, 1.82) is 0 Å². The molecule has 0 aromatic rings. The Hall–Kier alpha value is -2.88. The van der Waals surface area contributed by atoms with Crippen molar-refractivity contribution in [1.82, 2.24) is 0 Å². The van der Waals surface area contributed by atoms with Crippen LogP contribution < -0.4 is 0 Å². The van der Waals surface area contributed by atoms with Gasteiger partial charge < -0.3 is 24.4 Å². The third-order valence-electron chi connectivity index (χ3n) is 3.26. The van der Waals surface area contributed by atoms with Gasteiger partial charge in [-0.05, 0) is 33.6 Å². The molecule has 0 saturated carbocycles. The number of rotatable bonds is 12. The highest BCUT2D eigenvalue weighted by Gasteiger charge is 2.13. The quantitative estimate of drug-likeness (QED) is 0.191. The predicted octanol–water partition coefficient (Wildman–Crippen LogP) is 2.96. The smallest absolute Gasteiger partial charge is 0.341 e. The van der Waals surface area contributed by atoms with E-state index in [2.05, 4.69) is 47.5 Å². The lowest BCUT2D eigenvalue weighted by molar-refractivity contribution is -0.155. The summed E-state index contributed by atoms with van der Waals surface area (Å²) in [5, 5.41) is 16.2. The van der Waals surface area contributed by atoms with Gasteiger partial charge >= 0.3 is 23.9 Å². The van der Waals surface area contributed by atoms with Crippen LogP contribution in [0.15, 0.2) is 48.6 Å². The predicted molar refractivity (Wildman–Crippen MR) is 125 cm³/mol. The van der Waals surface area contributed by atoms with E-state index in [-0.39, 0.29) is 29.9 Å². The monoisotopic (exact) mass is 470 g/mol. The fraction of sp³-hybridized carbons (Fsp3) is 0.500. The molecule has 0 radical (unpaired) electrons. The summed E-state index contributed by atoms with van der Waals surface area (Å²) < 4.78 is 13.5. The number of carbonyl (C=O) groups is 4. The maximum Gasteiger partial charge on any atom is 0.341 e. The van der Waals surface area contributed by atoms with Gasteiger partial charge in [-0.3, -0.25) is 0 Å². The van der Waals surface area contributed by atoms with E-state index in [1.54, 1.807) is 0 Å². The molecule has 0 rings (SSSR count). The molecular weight excluding hydrogens is 432 g/mol. The molecule has 0 saturated heterocycles. The van der Waals surface area contributed by atoms with Crippen molar-refractivity contribution < 1.29 is 43.6 Å². The Morgan fingerprint density at radius 3 is 1.33 bits per heavy atom. The highest BCUT2D eigenvalue weighted by atomic mass is 16.6. The standard InChI is InChI=1S/C12H18O3.C8H10O3.C4H10O3/c1-5-6-7-8-10(4)12(14)15-11(13)9(2)3;1-5(2)7(9)11-8(10)6(3)4;5-1-3-7-4-2-6/h2,4-8H2,1,3H3;1,3H2,2,4H3;5-6H,1-4H2. The summed E-state index contributed by atoms with van der Waals surface area (Å²) in [7, 11) is 0. The van der Waals surface area contributed by atoms with Gasteiger partial charge in [-0.25, -0.2) is 19.2 Å². The summed E-state index contributed by atoms with van der Waals surface area (Å²) in [6.45, 7) is 20.8. The molecule has 0 aliphatic heterocycles. The number of aliphatic hydroxyl groups excluding tert-OH is 2. The Labute approximate surface area is 196 Å². The number of carbonyl (C=O) groups excluding carboxylic acids is 4. The van der Waals surface area contributed by atoms with Gasteiger partial charge in [-0.1, -0.05) is 46.1 Å². The normalized spacial score (nSPS) is 9.15. The van der Waals surface area contributed by atoms with Crippen molar-refractivity contribution in [2.75, 3.05) is 26.4 Å². The van der Waals surface area contributed by atoms with Crippen LogP contribution in [0.1, 0.15) is 53.4 Å². The van der Waals surface area contributed by atoms with E-state index in [4.69, 9.17) is 10.2 Å². The Morgan fingerprint density at radius 1 is 0.667 bits per heavy atom. The van der Waals surface area contributed by atoms with Crippen molar-refractivity contribution in [3.05, 3.63) is 48.6 Å². The van der Waals surface area contributed by atoms with Crippen LogP contribution in [0.4, 0.5) is 0 Å². The van der Waals surface area contributed by atoms with Crippen LogP contribution >= 0.6 is 0 Å². The Kier molecular flexibility index (Phi) is 23.5. The van der Waals surface area contributed by atoms with Gasteiger partial charge in [0.2, 0.25) is 0 Å². The number of hydrogen-bond acceptors (Lipinski definition) is 9. The van der Waals surface area contributed by atoms with Gasteiger partial charge in [0.05, 0.1) is 26.4 Å². The van der Waals surface area contributed by atoms with E-state index < -0.39 is 23.9 Å². The fourth-order valence-electron chi connectivity index (χ4n) is 1.42. The van der Waals surface area contributed by atoms with Crippen molar-refractivity contribution in [2.24, 2.45) is 0 Å². The number of hydrogen-bond donors (Lipinski definition) is 2. The van der Waals surface area contributed by atoms with Gasteiger partial charge in [0.25, 0.3) is 0 Å². The molecule has 0 aromatic heterocycles. The molecule has 2 N–H and O–H groups in total. The van der Waals surface area contributed by atoms with Gasteiger partial charge in [-0.15, -0.1) is 0 Å². The lowest BCUT2D eigenvalue weighted by Crippen LogP contribution is -2.14. The van der Waals surface area contributed by atoms with E-state index >= 15 is 0 Å². The lowest BCUT2D eigenvalue weighted by Gasteiger charge is -2.04. The number of ether oxygens (including phenoxy) is 3. The van der Waals surface area contributed by atoms with Crippen molar-refractivity contribution in [3.63, 3.8) is 0 Å². The van der Waals surface area contributed by atoms with Crippen LogP contribution in [-0.4, -0.2) is 60.5 Å².